The number of piperidine rings is 1. The van der Waals surface area contributed by atoms with Gasteiger partial charge < -0.3 is 10.6 Å². The molecule has 1 saturated heterocycles. The average molecular weight is 330 g/mol. The van der Waals surface area contributed by atoms with Crippen LogP contribution >= 0.6 is 22.6 Å². The number of nitrogen functional groups attached to an aromatic ring is 1. The van der Waals surface area contributed by atoms with Gasteiger partial charge in [0.2, 0.25) is 0 Å². The van der Waals surface area contributed by atoms with Gasteiger partial charge in [-0.3, -0.25) is 0 Å². The van der Waals surface area contributed by atoms with E-state index in [1.807, 2.05) is 0 Å². The summed E-state index contributed by atoms with van der Waals surface area (Å²) in [5.41, 5.74) is 8.21. The van der Waals surface area contributed by atoms with Crippen molar-refractivity contribution in [1.82, 2.24) is 0 Å². The van der Waals surface area contributed by atoms with Gasteiger partial charge in [-0.25, -0.2) is 0 Å². The zero-order valence-electron chi connectivity index (χ0n) is 9.91. The first-order valence-corrected chi connectivity index (χ1v) is 6.94. The summed E-state index contributed by atoms with van der Waals surface area (Å²) in [6, 6.07) is 6.35. The first-order chi connectivity index (χ1) is 7.56. The molecular weight excluding hydrogens is 311 g/mol. The molecule has 0 saturated carbocycles. The second-order valence-electron chi connectivity index (χ2n) is 5.05. The minimum Gasteiger partial charge on any atom is -0.397 e. The number of anilines is 2. The molecule has 2 unspecified atom stereocenters. The molecule has 0 radical (unpaired) electrons. The largest absolute Gasteiger partial charge is 0.397 e. The second kappa shape index (κ2) is 4.82. The summed E-state index contributed by atoms with van der Waals surface area (Å²) in [6.45, 7) is 6.92. The highest BCUT2D eigenvalue weighted by Crippen LogP contribution is 2.30. The third kappa shape index (κ3) is 2.62. The fourth-order valence-electron chi connectivity index (χ4n) is 2.67. The van der Waals surface area contributed by atoms with Gasteiger partial charge in [-0.2, -0.15) is 0 Å². The Hall–Kier alpha value is -0.450. The lowest BCUT2D eigenvalue weighted by Crippen LogP contribution is -2.39. The molecule has 1 aliphatic heterocycles. The van der Waals surface area contributed by atoms with E-state index in [2.05, 4.69) is 59.5 Å². The Morgan fingerprint density at radius 1 is 1.25 bits per heavy atom. The van der Waals surface area contributed by atoms with Crippen molar-refractivity contribution >= 4 is 34.0 Å². The molecule has 1 aliphatic rings. The number of hydrogen-bond acceptors (Lipinski definition) is 2. The van der Waals surface area contributed by atoms with Crippen molar-refractivity contribution in [2.24, 2.45) is 11.8 Å². The lowest BCUT2D eigenvalue weighted by Gasteiger charge is -2.37. The van der Waals surface area contributed by atoms with E-state index in [9.17, 15) is 0 Å². The standard InChI is InChI=1S/C13H19IN2/c1-9-5-10(2)8-16(7-9)13-4-3-11(14)6-12(13)15/h3-4,6,9-10H,5,7-8,15H2,1-2H3. The van der Waals surface area contributed by atoms with Crippen molar-refractivity contribution in [3.05, 3.63) is 21.8 Å². The van der Waals surface area contributed by atoms with Gasteiger partial charge in [0.05, 0.1) is 11.4 Å². The third-order valence-corrected chi connectivity index (χ3v) is 3.87. The van der Waals surface area contributed by atoms with Crippen LogP contribution in [0, 0.1) is 15.4 Å². The van der Waals surface area contributed by atoms with Crippen LogP contribution in [0.4, 0.5) is 11.4 Å². The van der Waals surface area contributed by atoms with Crippen LogP contribution in [0.5, 0.6) is 0 Å². The highest BCUT2D eigenvalue weighted by atomic mass is 127. The first-order valence-electron chi connectivity index (χ1n) is 5.86. The summed E-state index contributed by atoms with van der Waals surface area (Å²) in [6.07, 6.45) is 1.33. The van der Waals surface area contributed by atoms with Crippen LogP contribution in [0.3, 0.4) is 0 Å². The summed E-state index contributed by atoms with van der Waals surface area (Å²) in [4.78, 5) is 2.43. The van der Waals surface area contributed by atoms with Crippen molar-refractivity contribution in [3.63, 3.8) is 0 Å². The summed E-state index contributed by atoms with van der Waals surface area (Å²) in [5, 5.41) is 0. The van der Waals surface area contributed by atoms with Crippen molar-refractivity contribution in [2.75, 3.05) is 23.7 Å². The Kier molecular flexibility index (Phi) is 3.62. The van der Waals surface area contributed by atoms with Crippen molar-refractivity contribution < 1.29 is 0 Å². The van der Waals surface area contributed by atoms with Gasteiger partial charge in [0.15, 0.2) is 0 Å². The fraction of sp³-hybridized carbons (Fsp3) is 0.538. The SMILES string of the molecule is CC1CC(C)CN(c2ccc(I)cc2N)C1. The number of benzene rings is 1. The highest BCUT2D eigenvalue weighted by Gasteiger charge is 2.22. The van der Waals surface area contributed by atoms with Crippen molar-refractivity contribution in [2.45, 2.75) is 20.3 Å². The van der Waals surface area contributed by atoms with E-state index in [4.69, 9.17) is 5.73 Å². The van der Waals surface area contributed by atoms with E-state index in [-0.39, 0.29) is 0 Å². The molecule has 88 valence electrons. The molecule has 0 aliphatic carbocycles. The maximum atomic E-state index is 6.10. The predicted octanol–water partition coefficient (Wildman–Crippen LogP) is 3.36. The van der Waals surface area contributed by atoms with Gasteiger partial charge in [0.1, 0.15) is 0 Å². The maximum absolute atomic E-state index is 6.10. The minimum absolute atomic E-state index is 0.766. The lowest BCUT2D eigenvalue weighted by atomic mass is 9.91. The van der Waals surface area contributed by atoms with E-state index in [1.165, 1.54) is 15.7 Å². The zero-order valence-corrected chi connectivity index (χ0v) is 12.1. The Bertz CT molecular complexity index is 368. The smallest absolute Gasteiger partial charge is 0.0600 e. The monoisotopic (exact) mass is 330 g/mol. The Morgan fingerprint density at radius 3 is 2.44 bits per heavy atom. The molecule has 1 aromatic rings. The lowest BCUT2D eigenvalue weighted by molar-refractivity contribution is 0.357. The first kappa shape index (κ1) is 12.0. The fourth-order valence-corrected chi connectivity index (χ4v) is 3.19. The second-order valence-corrected chi connectivity index (χ2v) is 6.30. The quantitative estimate of drug-likeness (QED) is 0.632. The number of hydrogen-bond donors (Lipinski definition) is 1. The number of rotatable bonds is 1. The van der Waals surface area contributed by atoms with Crippen molar-refractivity contribution in [3.8, 4) is 0 Å². The van der Waals surface area contributed by atoms with Crippen LogP contribution in [0.15, 0.2) is 18.2 Å². The van der Waals surface area contributed by atoms with Gasteiger partial charge in [-0.05, 0) is 59.0 Å². The molecule has 1 heterocycles. The molecule has 3 heteroatoms. The number of halogens is 1. The van der Waals surface area contributed by atoms with Gasteiger partial charge in [0, 0.05) is 16.7 Å². The Labute approximate surface area is 111 Å². The molecule has 0 bridgehead atoms. The van der Waals surface area contributed by atoms with E-state index in [1.54, 1.807) is 0 Å². The Morgan fingerprint density at radius 2 is 1.88 bits per heavy atom. The average Bonchev–Trinajstić information content (AvgIpc) is 2.15. The Balaban J connectivity index is 2.23. The molecule has 2 atom stereocenters. The summed E-state index contributed by atoms with van der Waals surface area (Å²) in [7, 11) is 0. The molecule has 2 N–H and O–H groups in total. The van der Waals surface area contributed by atoms with Gasteiger partial charge in [-0.15, -0.1) is 0 Å². The molecule has 1 aromatic carbocycles. The number of nitrogens with zero attached hydrogens (tertiary/aromatic N) is 1. The van der Waals surface area contributed by atoms with Gasteiger partial charge in [-0.1, -0.05) is 13.8 Å². The van der Waals surface area contributed by atoms with Crippen LogP contribution in [0.1, 0.15) is 20.3 Å². The molecule has 2 rings (SSSR count). The minimum atomic E-state index is 0.766. The normalized spacial score (nSPS) is 25.8. The van der Waals surface area contributed by atoms with E-state index in [0.717, 1.165) is 30.6 Å². The summed E-state index contributed by atoms with van der Waals surface area (Å²) >= 11 is 2.30. The van der Waals surface area contributed by atoms with Crippen LogP contribution in [-0.2, 0) is 0 Å². The summed E-state index contributed by atoms with van der Waals surface area (Å²) < 4.78 is 1.21. The molecule has 0 amide bonds. The van der Waals surface area contributed by atoms with E-state index >= 15 is 0 Å². The topological polar surface area (TPSA) is 29.3 Å². The third-order valence-electron chi connectivity index (χ3n) is 3.20. The zero-order chi connectivity index (χ0) is 11.7. The van der Waals surface area contributed by atoms with Crippen LogP contribution in [0.25, 0.3) is 0 Å². The van der Waals surface area contributed by atoms with E-state index in [0.29, 0.717) is 0 Å². The van der Waals surface area contributed by atoms with Crippen molar-refractivity contribution in [1.29, 1.82) is 0 Å². The molecule has 0 aromatic heterocycles. The van der Waals surface area contributed by atoms with Crippen LogP contribution < -0.4 is 10.6 Å². The molecular formula is C13H19IN2. The number of nitrogens with two attached hydrogens (primary N) is 1. The van der Waals surface area contributed by atoms with Gasteiger partial charge >= 0.3 is 0 Å². The predicted molar refractivity (Wildman–Crippen MR) is 78.7 cm³/mol. The van der Waals surface area contributed by atoms with Crippen LogP contribution in [0.2, 0.25) is 0 Å². The molecule has 1 fully saturated rings. The van der Waals surface area contributed by atoms with Gasteiger partial charge in [0.25, 0.3) is 0 Å². The van der Waals surface area contributed by atoms with E-state index < -0.39 is 0 Å². The highest BCUT2D eigenvalue weighted by molar-refractivity contribution is 14.1. The molecule has 16 heavy (non-hydrogen) atoms. The summed E-state index contributed by atoms with van der Waals surface area (Å²) in [5.74, 6) is 1.53. The molecule has 0 spiro atoms. The molecule has 2 nitrogen and oxygen atoms in total. The van der Waals surface area contributed by atoms with Crippen LogP contribution in [-0.4, -0.2) is 13.1 Å². The maximum Gasteiger partial charge on any atom is 0.0600 e.